The second-order valence-corrected chi connectivity index (χ2v) is 9.61. The topological polar surface area (TPSA) is 54.8 Å². The number of piperidine rings is 1. The van der Waals surface area contributed by atoms with E-state index < -0.39 is 11.6 Å². The quantitative estimate of drug-likeness (QED) is 0.423. The van der Waals surface area contributed by atoms with E-state index in [0.29, 0.717) is 13.2 Å². The molecule has 0 spiro atoms. The van der Waals surface area contributed by atoms with Crippen molar-refractivity contribution in [3.8, 4) is 11.5 Å². The summed E-state index contributed by atoms with van der Waals surface area (Å²) in [5.41, 5.74) is 3.37. The van der Waals surface area contributed by atoms with Gasteiger partial charge in [-0.05, 0) is 86.9 Å². The Hall–Kier alpha value is -2.77. The van der Waals surface area contributed by atoms with Crippen molar-refractivity contribution in [2.45, 2.75) is 39.0 Å². The molecule has 1 aliphatic heterocycles. The standard InChI is InChI=1S/C28H34F2N2O3/c1-20-18-31-27-6-5-23(34-2)17-26(27)25(20)4-3-7-28(19-33)8-10-32(11-9-28)12-13-35-24-15-21(29)14-22(30)16-24/h5-6,14-18,33H,3-4,7-13,19H2,1-2H3. The predicted molar refractivity (Wildman–Crippen MR) is 133 cm³/mol. The van der Waals surface area contributed by atoms with Gasteiger partial charge in [-0.3, -0.25) is 9.88 Å². The third-order valence-corrected chi connectivity index (χ3v) is 7.30. The number of nitrogens with zero attached hydrogens (tertiary/aromatic N) is 2. The predicted octanol–water partition coefficient (Wildman–Crippen LogP) is 5.31. The zero-order valence-corrected chi connectivity index (χ0v) is 20.5. The van der Waals surface area contributed by atoms with Crippen LogP contribution < -0.4 is 9.47 Å². The van der Waals surface area contributed by atoms with Crippen LogP contribution in [0.25, 0.3) is 10.9 Å². The van der Waals surface area contributed by atoms with Gasteiger partial charge in [-0.1, -0.05) is 0 Å². The summed E-state index contributed by atoms with van der Waals surface area (Å²) in [6.07, 6.45) is 6.66. The number of hydrogen-bond acceptors (Lipinski definition) is 5. The fourth-order valence-electron chi connectivity index (χ4n) is 5.07. The lowest BCUT2D eigenvalue weighted by Gasteiger charge is -2.41. The van der Waals surface area contributed by atoms with E-state index in [9.17, 15) is 13.9 Å². The van der Waals surface area contributed by atoms with Gasteiger partial charge in [0.25, 0.3) is 0 Å². The van der Waals surface area contributed by atoms with E-state index in [2.05, 4.69) is 22.9 Å². The molecule has 0 aliphatic carbocycles. The molecule has 7 heteroatoms. The largest absolute Gasteiger partial charge is 0.497 e. The molecule has 5 nitrogen and oxygen atoms in total. The summed E-state index contributed by atoms with van der Waals surface area (Å²) in [7, 11) is 1.68. The van der Waals surface area contributed by atoms with Crippen molar-refractivity contribution < 1.29 is 23.4 Å². The molecule has 4 rings (SSSR count). The van der Waals surface area contributed by atoms with Gasteiger partial charge >= 0.3 is 0 Å². The number of aliphatic hydroxyl groups excluding tert-OH is 1. The van der Waals surface area contributed by atoms with Crippen molar-refractivity contribution in [2.24, 2.45) is 5.41 Å². The van der Waals surface area contributed by atoms with E-state index in [0.717, 1.165) is 67.9 Å². The molecule has 1 N–H and O–H groups in total. The molecule has 0 bridgehead atoms. The smallest absolute Gasteiger partial charge is 0.129 e. The number of pyridine rings is 1. The van der Waals surface area contributed by atoms with Crippen molar-refractivity contribution in [1.29, 1.82) is 0 Å². The lowest BCUT2D eigenvalue weighted by atomic mass is 9.75. The summed E-state index contributed by atoms with van der Waals surface area (Å²) in [5, 5.41) is 11.4. The summed E-state index contributed by atoms with van der Waals surface area (Å²) in [6, 6.07) is 9.22. The average Bonchev–Trinajstić information content (AvgIpc) is 2.85. The minimum absolute atomic E-state index is 0.0720. The molecule has 1 saturated heterocycles. The van der Waals surface area contributed by atoms with E-state index in [4.69, 9.17) is 9.47 Å². The van der Waals surface area contributed by atoms with Crippen LogP contribution in [0.3, 0.4) is 0 Å². The van der Waals surface area contributed by atoms with Crippen LogP contribution in [0.2, 0.25) is 0 Å². The van der Waals surface area contributed by atoms with Gasteiger partial charge in [0.15, 0.2) is 0 Å². The number of aromatic nitrogens is 1. The van der Waals surface area contributed by atoms with Crippen LogP contribution in [0.5, 0.6) is 11.5 Å². The zero-order chi connectivity index (χ0) is 24.8. The molecule has 1 aliphatic rings. The number of fused-ring (bicyclic) bond motifs is 1. The Balaban J connectivity index is 1.29. The van der Waals surface area contributed by atoms with Crippen LogP contribution in [0.4, 0.5) is 8.78 Å². The van der Waals surface area contributed by atoms with Crippen molar-refractivity contribution in [3.05, 3.63) is 65.4 Å². The Bertz CT molecular complexity index is 1130. The Morgan fingerprint density at radius 3 is 2.49 bits per heavy atom. The summed E-state index contributed by atoms with van der Waals surface area (Å²) in [5.74, 6) is -0.239. The maximum absolute atomic E-state index is 13.3. The number of aryl methyl sites for hydroxylation is 2. The monoisotopic (exact) mass is 484 g/mol. The number of likely N-dealkylation sites (tertiary alicyclic amines) is 1. The highest BCUT2D eigenvalue weighted by atomic mass is 19.1. The van der Waals surface area contributed by atoms with Crippen LogP contribution in [0, 0.1) is 24.0 Å². The summed E-state index contributed by atoms with van der Waals surface area (Å²) in [6.45, 7) is 5.08. The van der Waals surface area contributed by atoms with Crippen LogP contribution in [-0.4, -0.2) is 54.9 Å². The SMILES string of the molecule is COc1ccc2ncc(C)c(CCCC3(CO)CCN(CCOc4cc(F)cc(F)c4)CC3)c2c1. The highest BCUT2D eigenvalue weighted by Gasteiger charge is 2.33. The van der Waals surface area contributed by atoms with Gasteiger partial charge < -0.3 is 14.6 Å². The van der Waals surface area contributed by atoms with Crippen molar-refractivity contribution in [1.82, 2.24) is 9.88 Å². The Labute approximate surface area is 205 Å². The normalized spacial score (nSPS) is 15.9. The molecule has 0 amide bonds. The number of aliphatic hydroxyl groups is 1. The van der Waals surface area contributed by atoms with Crippen molar-refractivity contribution >= 4 is 10.9 Å². The van der Waals surface area contributed by atoms with E-state index in [-0.39, 0.29) is 17.8 Å². The van der Waals surface area contributed by atoms with E-state index in [1.807, 2.05) is 18.3 Å². The van der Waals surface area contributed by atoms with Gasteiger partial charge in [-0.15, -0.1) is 0 Å². The molecule has 0 atom stereocenters. The molecule has 2 heterocycles. The van der Waals surface area contributed by atoms with Gasteiger partial charge in [0, 0.05) is 42.9 Å². The third-order valence-electron chi connectivity index (χ3n) is 7.30. The van der Waals surface area contributed by atoms with Crippen LogP contribution >= 0.6 is 0 Å². The van der Waals surface area contributed by atoms with Gasteiger partial charge in [-0.25, -0.2) is 8.78 Å². The molecule has 1 aromatic heterocycles. The van der Waals surface area contributed by atoms with Crippen LogP contribution in [-0.2, 0) is 6.42 Å². The maximum Gasteiger partial charge on any atom is 0.129 e. The number of halogens is 2. The minimum Gasteiger partial charge on any atom is -0.497 e. The van der Waals surface area contributed by atoms with Crippen LogP contribution in [0.1, 0.15) is 36.8 Å². The van der Waals surface area contributed by atoms with Crippen LogP contribution in [0.15, 0.2) is 42.6 Å². The minimum atomic E-state index is -0.639. The molecule has 0 radical (unpaired) electrons. The van der Waals surface area contributed by atoms with E-state index >= 15 is 0 Å². The van der Waals surface area contributed by atoms with Gasteiger partial charge in [0.05, 0.1) is 12.6 Å². The molecule has 3 aromatic rings. The third kappa shape index (κ3) is 6.27. The second kappa shape index (κ2) is 11.3. The number of hydrogen-bond donors (Lipinski definition) is 1. The zero-order valence-electron chi connectivity index (χ0n) is 20.5. The first-order chi connectivity index (χ1) is 16.9. The first kappa shape index (κ1) is 25.3. The van der Waals surface area contributed by atoms with Gasteiger partial charge in [-0.2, -0.15) is 0 Å². The average molecular weight is 485 g/mol. The number of rotatable bonds is 10. The summed E-state index contributed by atoms with van der Waals surface area (Å²) < 4.78 is 37.6. The van der Waals surface area contributed by atoms with E-state index in [1.165, 1.54) is 23.3 Å². The fraction of sp³-hybridized carbons (Fsp3) is 0.464. The van der Waals surface area contributed by atoms with Gasteiger partial charge in [0.1, 0.15) is 29.7 Å². The summed E-state index contributed by atoms with van der Waals surface area (Å²) >= 11 is 0. The van der Waals surface area contributed by atoms with Crippen molar-refractivity contribution in [2.75, 3.05) is 40.0 Å². The molecular weight excluding hydrogens is 450 g/mol. The molecular formula is C28H34F2N2O3. The molecule has 0 saturated carbocycles. The summed E-state index contributed by atoms with van der Waals surface area (Å²) in [4.78, 5) is 6.84. The Morgan fingerprint density at radius 2 is 1.80 bits per heavy atom. The van der Waals surface area contributed by atoms with Gasteiger partial charge in [0.2, 0.25) is 0 Å². The Kier molecular flexibility index (Phi) is 8.19. The maximum atomic E-state index is 13.3. The molecule has 2 aromatic carbocycles. The second-order valence-electron chi connectivity index (χ2n) is 9.61. The molecule has 1 fully saturated rings. The first-order valence-corrected chi connectivity index (χ1v) is 12.3. The highest BCUT2D eigenvalue weighted by Crippen LogP contribution is 2.37. The lowest BCUT2D eigenvalue weighted by Crippen LogP contribution is -2.43. The number of methoxy groups -OCH3 is 1. The number of ether oxygens (including phenoxy) is 2. The molecule has 35 heavy (non-hydrogen) atoms. The van der Waals surface area contributed by atoms with E-state index in [1.54, 1.807) is 7.11 Å². The first-order valence-electron chi connectivity index (χ1n) is 12.3. The fourth-order valence-corrected chi connectivity index (χ4v) is 5.07. The molecule has 188 valence electrons. The van der Waals surface area contributed by atoms with Crippen molar-refractivity contribution in [3.63, 3.8) is 0 Å². The Morgan fingerprint density at radius 1 is 1.06 bits per heavy atom. The lowest BCUT2D eigenvalue weighted by molar-refractivity contribution is 0.0316. The molecule has 0 unspecified atom stereocenters. The highest BCUT2D eigenvalue weighted by molar-refractivity contribution is 5.84. The number of benzene rings is 2.